The van der Waals surface area contributed by atoms with E-state index in [4.69, 9.17) is 14.2 Å². The van der Waals surface area contributed by atoms with Crippen LogP contribution < -0.4 is 4.74 Å². The van der Waals surface area contributed by atoms with Crippen LogP contribution in [0, 0.1) is 11.8 Å². The molecule has 0 bridgehead atoms. The molecular formula is C25H27NO8. The molecule has 34 heavy (non-hydrogen) atoms. The van der Waals surface area contributed by atoms with Crippen LogP contribution in [0.2, 0.25) is 0 Å². The Hall–Kier alpha value is -3.88. The highest BCUT2D eigenvalue weighted by molar-refractivity contribution is 6.00. The molecule has 1 heterocycles. The van der Waals surface area contributed by atoms with Crippen LogP contribution in [0.4, 0.5) is 4.79 Å². The van der Waals surface area contributed by atoms with Gasteiger partial charge in [-0.25, -0.2) is 9.59 Å². The summed E-state index contributed by atoms with van der Waals surface area (Å²) >= 11 is 0. The van der Waals surface area contributed by atoms with Gasteiger partial charge in [-0.15, -0.1) is 0 Å². The van der Waals surface area contributed by atoms with Crippen molar-refractivity contribution < 1.29 is 38.5 Å². The van der Waals surface area contributed by atoms with Crippen LogP contribution in [0.3, 0.4) is 0 Å². The van der Waals surface area contributed by atoms with E-state index in [1.54, 1.807) is 49.4 Å². The molecule has 9 nitrogen and oxygen atoms in total. The summed E-state index contributed by atoms with van der Waals surface area (Å²) in [4.78, 5) is 52.0. The van der Waals surface area contributed by atoms with Gasteiger partial charge in [0, 0.05) is 23.9 Å². The largest absolute Gasteiger partial charge is 0.497 e. The average Bonchev–Trinajstić information content (AvgIpc) is 3.21. The number of carboxylic acids is 1. The van der Waals surface area contributed by atoms with Gasteiger partial charge in [0.1, 0.15) is 18.4 Å². The number of amides is 1. The van der Waals surface area contributed by atoms with Crippen LogP contribution >= 0.6 is 0 Å². The fourth-order valence-corrected chi connectivity index (χ4v) is 4.16. The van der Waals surface area contributed by atoms with Gasteiger partial charge < -0.3 is 19.3 Å². The summed E-state index contributed by atoms with van der Waals surface area (Å²) in [6, 6.07) is 14.2. The van der Waals surface area contributed by atoms with Gasteiger partial charge in [0.2, 0.25) is 0 Å². The molecule has 1 fully saturated rings. The number of carbonyl (C=O) groups excluding carboxylic acids is 3. The van der Waals surface area contributed by atoms with Gasteiger partial charge in [-0.3, -0.25) is 14.5 Å². The Morgan fingerprint density at radius 2 is 1.76 bits per heavy atom. The zero-order valence-electron chi connectivity index (χ0n) is 19.0. The molecule has 0 unspecified atom stereocenters. The number of Topliss-reactive ketones (excluding diaryl/α,β-unsaturated/α-hetero) is 1. The van der Waals surface area contributed by atoms with E-state index in [1.807, 2.05) is 6.07 Å². The third-order valence-electron chi connectivity index (χ3n) is 5.72. The SMILES string of the molecule is CCOC(=O)[C@@H]1[C@@H](CC(=O)O)[C@@H](C(=O)c2cccc(OC)c2)CN1C(=O)OCc1ccccc1. The second kappa shape index (κ2) is 11.3. The molecule has 1 N–H and O–H groups in total. The Morgan fingerprint density at radius 3 is 2.41 bits per heavy atom. The quantitative estimate of drug-likeness (QED) is 0.439. The van der Waals surface area contributed by atoms with E-state index >= 15 is 0 Å². The highest BCUT2D eigenvalue weighted by Crippen LogP contribution is 2.36. The van der Waals surface area contributed by atoms with Gasteiger partial charge >= 0.3 is 18.0 Å². The van der Waals surface area contributed by atoms with Crippen LogP contribution in [0.15, 0.2) is 54.6 Å². The summed E-state index contributed by atoms with van der Waals surface area (Å²) in [5.74, 6) is -3.83. The maximum absolute atomic E-state index is 13.4. The van der Waals surface area contributed by atoms with Crippen LogP contribution in [0.1, 0.15) is 29.3 Å². The Bertz CT molecular complexity index is 1040. The number of benzene rings is 2. The average molecular weight is 469 g/mol. The Morgan fingerprint density at radius 1 is 1.03 bits per heavy atom. The summed E-state index contributed by atoms with van der Waals surface area (Å²) < 4.78 is 15.7. The lowest BCUT2D eigenvalue weighted by Gasteiger charge is -2.25. The maximum Gasteiger partial charge on any atom is 0.410 e. The van der Waals surface area contributed by atoms with E-state index in [0.29, 0.717) is 11.3 Å². The first kappa shape index (κ1) is 24.8. The molecule has 0 spiro atoms. The molecular weight excluding hydrogens is 442 g/mol. The lowest BCUT2D eigenvalue weighted by atomic mass is 9.82. The van der Waals surface area contributed by atoms with Crippen molar-refractivity contribution in [1.29, 1.82) is 0 Å². The fourth-order valence-electron chi connectivity index (χ4n) is 4.16. The number of hydrogen-bond acceptors (Lipinski definition) is 7. The van der Waals surface area contributed by atoms with Gasteiger partial charge in [0.15, 0.2) is 5.78 Å². The van der Waals surface area contributed by atoms with Crippen molar-refractivity contribution in [2.45, 2.75) is 26.0 Å². The fraction of sp³-hybridized carbons (Fsp3) is 0.360. The van der Waals surface area contributed by atoms with E-state index in [1.165, 1.54) is 13.2 Å². The van der Waals surface area contributed by atoms with Crippen LogP contribution in [-0.2, 0) is 25.7 Å². The number of likely N-dealkylation sites (tertiary alicyclic amines) is 1. The normalized spacial score (nSPS) is 19.4. The van der Waals surface area contributed by atoms with Gasteiger partial charge in [0.25, 0.3) is 0 Å². The molecule has 3 atom stereocenters. The second-order valence-corrected chi connectivity index (χ2v) is 7.85. The Balaban J connectivity index is 1.91. The van der Waals surface area contributed by atoms with Crippen LogP contribution in [-0.4, -0.2) is 60.1 Å². The molecule has 1 saturated heterocycles. The molecule has 1 aliphatic rings. The number of nitrogens with zero attached hydrogens (tertiary/aromatic N) is 1. The summed E-state index contributed by atoms with van der Waals surface area (Å²) in [6.45, 7) is 1.43. The van der Waals surface area contributed by atoms with Gasteiger partial charge in [-0.2, -0.15) is 0 Å². The Kier molecular flexibility index (Phi) is 8.24. The summed E-state index contributed by atoms with van der Waals surface area (Å²) in [5.41, 5.74) is 1.04. The molecule has 0 aromatic heterocycles. The molecule has 0 radical (unpaired) electrons. The molecule has 1 amide bonds. The zero-order chi connectivity index (χ0) is 24.7. The van der Waals surface area contributed by atoms with E-state index in [0.717, 1.165) is 10.5 Å². The second-order valence-electron chi connectivity index (χ2n) is 7.85. The maximum atomic E-state index is 13.4. The number of carbonyl (C=O) groups is 4. The van der Waals surface area contributed by atoms with Gasteiger partial charge in [-0.05, 0) is 24.6 Å². The minimum absolute atomic E-state index is 0.0379. The molecule has 0 aliphatic carbocycles. The number of methoxy groups -OCH3 is 1. The number of rotatable bonds is 9. The highest BCUT2D eigenvalue weighted by atomic mass is 16.6. The number of aliphatic carboxylic acids is 1. The first-order valence-electron chi connectivity index (χ1n) is 10.9. The van der Waals surface area contributed by atoms with Crippen LogP contribution in [0.25, 0.3) is 0 Å². The number of ketones is 1. The predicted molar refractivity (Wildman–Crippen MR) is 120 cm³/mol. The molecule has 0 saturated carbocycles. The molecule has 1 aliphatic heterocycles. The van der Waals surface area contributed by atoms with E-state index in [9.17, 15) is 24.3 Å². The standard InChI is InChI=1S/C25H27NO8/c1-3-33-24(30)22-19(13-21(27)28)20(23(29)17-10-7-11-18(12-17)32-2)14-26(22)25(31)34-15-16-8-5-4-6-9-16/h4-12,19-20,22H,3,13-15H2,1-2H3,(H,27,28)/t19-,20-,22-/m0/s1. The first-order valence-corrected chi connectivity index (χ1v) is 10.9. The molecule has 3 rings (SSSR count). The number of ether oxygens (including phenoxy) is 3. The monoisotopic (exact) mass is 469 g/mol. The Labute approximate surface area is 197 Å². The van der Waals surface area contributed by atoms with E-state index < -0.39 is 48.1 Å². The molecule has 2 aromatic carbocycles. The van der Waals surface area contributed by atoms with E-state index in [2.05, 4.69) is 0 Å². The number of hydrogen-bond donors (Lipinski definition) is 1. The lowest BCUT2D eigenvalue weighted by Crippen LogP contribution is -2.45. The molecule has 9 heteroatoms. The van der Waals surface area contributed by atoms with Crippen molar-refractivity contribution in [3.05, 3.63) is 65.7 Å². The summed E-state index contributed by atoms with van der Waals surface area (Å²) in [7, 11) is 1.47. The van der Waals surface area contributed by atoms with Crippen LogP contribution in [0.5, 0.6) is 5.75 Å². The zero-order valence-corrected chi connectivity index (χ0v) is 19.0. The minimum atomic E-state index is -1.26. The van der Waals surface area contributed by atoms with Gasteiger partial charge in [-0.1, -0.05) is 42.5 Å². The van der Waals surface area contributed by atoms with E-state index in [-0.39, 0.29) is 19.8 Å². The number of esters is 1. The first-order chi connectivity index (χ1) is 16.3. The van der Waals surface area contributed by atoms with Crippen molar-refractivity contribution >= 4 is 23.8 Å². The number of carboxylic acid groups (broad SMARTS) is 1. The minimum Gasteiger partial charge on any atom is -0.497 e. The molecule has 180 valence electrons. The van der Waals surface area contributed by atoms with Crippen molar-refractivity contribution in [1.82, 2.24) is 4.90 Å². The van der Waals surface area contributed by atoms with Crippen molar-refractivity contribution in [3.63, 3.8) is 0 Å². The summed E-state index contributed by atoms with van der Waals surface area (Å²) in [5, 5.41) is 9.51. The molecule has 2 aromatic rings. The van der Waals surface area contributed by atoms with Crippen molar-refractivity contribution in [3.8, 4) is 5.75 Å². The third kappa shape index (κ3) is 5.72. The topological polar surface area (TPSA) is 119 Å². The third-order valence-corrected chi connectivity index (χ3v) is 5.72. The lowest BCUT2D eigenvalue weighted by molar-refractivity contribution is -0.150. The summed E-state index contributed by atoms with van der Waals surface area (Å²) in [6.07, 6.45) is -1.31. The smallest absolute Gasteiger partial charge is 0.410 e. The van der Waals surface area contributed by atoms with Gasteiger partial charge in [0.05, 0.1) is 20.1 Å². The van der Waals surface area contributed by atoms with Crippen molar-refractivity contribution in [2.75, 3.05) is 20.3 Å². The highest BCUT2D eigenvalue weighted by Gasteiger charge is 2.52. The van der Waals surface area contributed by atoms with Crippen molar-refractivity contribution in [2.24, 2.45) is 11.8 Å². The predicted octanol–water partition coefficient (Wildman–Crippen LogP) is 3.17.